The minimum atomic E-state index is -0.127. The molecule has 38 heavy (non-hydrogen) atoms. The first-order valence-electron chi connectivity index (χ1n) is 13.2. The Morgan fingerprint density at radius 3 is 2.16 bits per heavy atom. The van der Waals surface area contributed by atoms with Crippen LogP contribution < -0.4 is 0 Å². The van der Waals surface area contributed by atoms with Gasteiger partial charge in [0.1, 0.15) is 0 Å². The molecule has 0 spiro atoms. The standard InChI is InChI=1S/C36H26N2/c1-36(2)30-14-8-13-27-33(30)29(34-31(36)15-9-21-37-34)22-28-26-12-6-7-16-32(26)38(35(27)28)25-19-17-24(18-20-25)23-10-4-3-5-11-23/h3-22H,1-2H3. The monoisotopic (exact) mass is 486 g/mol. The van der Waals surface area contributed by atoms with Crippen LogP contribution in [0.4, 0.5) is 0 Å². The number of aromatic nitrogens is 2. The largest absolute Gasteiger partial charge is 0.309 e. The quantitative estimate of drug-likeness (QED) is 0.238. The molecule has 1 aliphatic carbocycles. The molecule has 0 bridgehead atoms. The van der Waals surface area contributed by atoms with Gasteiger partial charge in [-0.3, -0.25) is 4.98 Å². The third-order valence-corrected chi connectivity index (χ3v) is 8.43. The van der Waals surface area contributed by atoms with Crippen molar-refractivity contribution in [3.05, 3.63) is 133 Å². The molecular formula is C36H26N2. The predicted octanol–water partition coefficient (Wildman–Crippen LogP) is 9.31. The summed E-state index contributed by atoms with van der Waals surface area (Å²) in [5, 5.41) is 5.13. The zero-order valence-corrected chi connectivity index (χ0v) is 21.4. The van der Waals surface area contributed by atoms with Gasteiger partial charge in [-0.25, -0.2) is 0 Å². The van der Waals surface area contributed by atoms with Crippen molar-refractivity contribution in [3.8, 4) is 28.1 Å². The van der Waals surface area contributed by atoms with E-state index < -0.39 is 0 Å². The summed E-state index contributed by atoms with van der Waals surface area (Å²) >= 11 is 0. The van der Waals surface area contributed by atoms with Gasteiger partial charge in [0.2, 0.25) is 0 Å². The van der Waals surface area contributed by atoms with Crippen LogP contribution in [-0.4, -0.2) is 9.55 Å². The van der Waals surface area contributed by atoms with Crippen molar-refractivity contribution < 1.29 is 0 Å². The molecule has 2 heterocycles. The SMILES string of the molecule is CC1(C)c2cccnc2-c2cc3c4ccccc4n(-c4ccc(-c5ccccc5)cc4)c3c3cccc1c23. The average molecular weight is 487 g/mol. The Bertz CT molecular complexity index is 2030. The predicted molar refractivity (Wildman–Crippen MR) is 159 cm³/mol. The molecule has 180 valence electrons. The number of pyridine rings is 1. The maximum Gasteiger partial charge on any atom is 0.0749 e. The molecule has 5 aromatic carbocycles. The van der Waals surface area contributed by atoms with Crippen molar-refractivity contribution in [3.63, 3.8) is 0 Å². The third-order valence-electron chi connectivity index (χ3n) is 8.43. The fourth-order valence-electron chi connectivity index (χ4n) is 6.61. The fourth-order valence-corrected chi connectivity index (χ4v) is 6.61. The van der Waals surface area contributed by atoms with Crippen LogP contribution in [0.1, 0.15) is 25.0 Å². The first kappa shape index (κ1) is 21.4. The lowest BCUT2D eigenvalue weighted by atomic mass is 9.70. The highest BCUT2D eigenvalue weighted by atomic mass is 15.0. The molecule has 2 aromatic heterocycles. The van der Waals surface area contributed by atoms with Crippen LogP contribution in [0.25, 0.3) is 60.6 Å². The van der Waals surface area contributed by atoms with Crippen molar-refractivity contribution in [1.29, 1.82) is 0 Å². The van der Waals surface area contributed by atoms with Crippen LogP contribution in [0.5, 0.6) is 0 Å². The van der Waals surface area contributed by atoms with Crippen molar-refractivity contribution in [2.24, 2.45) is 0 Å². The molecular weight excluding hydrogens is 460 g/mol. The molecule has 2 heteroatoms. The van der Waals surface area contributed by atoms with Gasteiger partial charge in [-0.15, -0.1) is 0 Å². The van der Waals surface area contributed by atoms with Gasteiger partial charge in [-0.1, -0.05) is 98.8 Å². The second-order valence-electron chi connectivity index (χ2n) is 10.8. The van der Waals surface area contributed by atoms with Crippen molar-refractivity contribution >= 4 is 32.6 Å². The van der Waals surface area contributed by atoms with Gasteiger partial charge < -0.3 is 4.57 Å². The van der Waals surface area contributed by atoms with E-state index in [4.69, 9.17) is 4.98 Å². The molecule has 0 fully saturated rings. The lowest BCUT2D eigenvalue weighted by Gasteiger charge is -2.34. The van der Waals surface area contributed by atoms with Gasteiger partial charge in [0, 0.05) is 39.0 Å². The number of para-hydroxylation sites is 1. The maximum atomic E-state index is 4.92. The molecule has 0 unspecified atom stereocenters. The van der Waals surface area contributed by atoms with Crippen LogP contribution in [0.3, 0.4) is 0 Å². The van der Waals surface area contributed by atoms with E-state index in [9.17, 15) is 0 Å². The first-order chi connectivity index (χ1) is 18.6. The Kier molecular flexibility index (Phi) is 4.31. The summed E-state index contributed by atoms with van der Waals surface area (Å²) in [6.07, 6.45) is 1.93. The molecule has 0 aliphatic heterocycles. The average Bonchev–Trinajstić information content (AvgIpc) is 3.31. The summed E-state index contributed by atoms with van der Waals surface area (Å²) in [4.78, 5) is 4.92. The van der Waals surface area contributed by atoms with Crippen LogP contribution in [0.15, 0.2) is 121 Å². The summed E-state index contributed by atoms with van der Waals surface area (Å²) in [5.74, 6) is 0. The Balaban J connectivity index is 1.50. The third kappa shape index (κ3) is 2.80. The van der Waals surface area contributed by atoms with Gasteiger partial charge in [0.25, 0.3) is 0 Å². The van der Waals surface area contributed by atoms with Crippen LogP contribution >= 0.6 is 0 Å². The molecule has 1 aliphatic rings. The van der Waals surface area contributed by atoms with Gasteiger partial charge >= 0.3 is 0 Å². The van der Waals surface area contributed by atoms with Crippen molar-refractivity contribution in [1.82, 2.24) is 9.55 Å². The lowest BCUT2D eigenvalue weighted by Crippen LogP contribution is -2.24. The van der Waals surface area contributed by atoms with E-state index in [2.05, 4.69) is 134 Å². The molecule has 0 amide bonds. The van der Waals surface area contributed by atoms with E-state index in [1.807, 2.05) is 6.20 Å². The van der Waals surface area contributed by atoms with Gasteiger partial charge in [-0.2, -0.15) is 0 Å². The molecule has 7 aromatic rings. The number of nitrogens with zero attached hydrogens (tertiary/aromatic N) is 2. The Morgan fingerprint density at radius 2 is 1.32 bits per heavy atom. The number of hydrogen-bond acceptors (Lipinski definition) is 1. The normalized spacial score (nSPS) is 13.7. The number of fused-ring (bicyclic) bond motifs is 6. The van der Waals surface area contributed by atoms with Crippen LogP contribution in [0.2, 0.25) is 0 Å². The minimum absolute atomic E-state index is 0.127. The number of hydrogen-bond donors (Lipinski definition) is 0. The van der Waals surface area contributed by atoms with Crippen molar-refractivity contribution in [2.45, 2.75) is 19.3 Å². The molecule has 0 radical (unpaired) electrons. The zero-order valence-electron chi connectivity index (χ0n) is 21.4. The summed E-state index contributed by atoms with van der Waals surface area (Å²) in [6, 6.07) is 41.9. The Morgan fingerprint density at radius 1 is 0.605 bits per heavy atom. The smallest absolute Gasteiger partial charge is 0.0749 e. The van der Waals surface area contributed by atoms with Gasteiger partial charge in [0.05, 0.1) is 16.7 Å². The maximum absolute atomic E-state index is 4.92. The fraction of sp³-hybridized carbons (Fsp3) is 0.0833. The highest BCUT2D eigenvalue weighted by Gasteiger charge is 2.35. The first-order valence-corrected chi connectivity index (χ1v) is 13.2. The lowest BCUT2D eigenvalue weighted by molar-refractivity contribution is 0.642. The summed E-state index contributed by atoms with van der Waals surface area (Å²) in [5.41, 5.74) is 11.0. The Hall–Kier alpha value is -4.69. The second kappa shape index (κ2) is 7.66. The van der Waals surface area contributed by atoms with E-state index in [1.54, 1.807) is 0 Å². The van der Waals surface area contributed by atoms with E-state index >= 15 is 0 Å². The number of rotatable bonds is 2. The van der Waals surface area contributed by atoms with Crippen molar-refractivity contribution in [2.75, 3.05) is 0 Å². The molecule has 0 saturated carbocycles. The topological polar surface area (TPSA) is 17.8 Å². The number of benzene rings is 5. The molecule has 0 saturated heterocycles. The Labute approximate surface area is 221 Å². The van der Waals surface area contributed by atoms with E-state index in [0.29, 0.717) is 0 Å². The van der Waals surface area contributed by atoms with Gasteiger partial charge in [0.15, 0.2) is 0 Å². The highest BCUT2D eigenvalue weighted by molar-refractivity contribution is 6.23. The molecule has 2 nitrogen and oxygen atoms in total. The summed E-state index contributed by atoms with van der Waals surface area (Å²) < 4.78 is 2.45. The van der Waals surface area contributed by atoms with Crippen LogP contribution in [-0.2, 0) is 5.41 Å². The van der Waals surface area contributed by atoms with Gasteiger partial charge in [-0.05, 0) is 58.0 Å². The zero-order chi connectivity index (χ0) is 25.4. The van der Waals surface area contributed by atoms with E-state index in [-0.39, 0.29) is 5.41 Å². The molecule has 0 N–H and O–H groups in total. The molecule has 0 atom stereocenters. The summed E-state index contributed by atoms with van der Waals surface area (Å²) in [7, 11) is 0. The van der Waals surface area contributed by atoms with E-state index in [0.717, 1.165) is 5.69 Å². The molecule has 8 rings (SSSR count). The van der Waals surface area contributed by atoms with Crippen LogP contribution in [0, 0.1) is 0 Å². The highest BCUT2D eigenvalue weighted by Crippen LogP contribution is 2.50. The second-order valence-corrected chi connectivity index (χ2v) is 10.8. The summed E-state index contributed by atoms with van der Waals surface area (Å²) in [6.45, 7) is 4.65. The van der Waals surface area contributed by atoms with E-state index in [1.165, 1.54) is 66.1 Å². The minimum Gasteiger partial charge on any atom is -0.309 e.